The molecule has 0 unspecified atom stereocenters. The lowest BCUT2D eigenvalue weighted by Crippen LogP contribution is -2.08. The molecule has 0 saturated heterocycles. The van der Waals surface area contributed by atoms with Crippen LogP contribution in [0.2, 0.25) is 0 Å². The van der Waals surface area contributed by atoms with Gasteiger partial charge < -0.3 is 9.40 Å². The number of furan rings is 1. The Morgan fingerprint density at radius 2 is 2.22 bits per heavy atom. The lowest BCUT2D eigenvalue weighted by Gasteiger charge is -1.93. The van der Waals surface area contributed by atoms with E-state index in [0.717, 1.165) is 0 Å². The molecule has 0 aromatic carbocycles. The molecular weight excluding hydrogens is 238 g/mol. The fraction of sp³-hybridized carbons (Fsp3) is 0.0909. The van der Waals surface area contributed by atoms with E-state index in [0.29, 0.717) is 17.3 Å². The number of nitrogens with zero attached hydrogens (tertiary/aromatic N) is 2. The zero-order chi connectivity index (χ0) is 13.1. The van der Waals surface area contributed by atoms with E-state index in [2.05, 4.69) is 9.97 Å². The highest BCUT2D eigenvalue weighted by molar-refractivity contribution is 5.65. The van der Waals surface area contributed by atoms with Crippen LogP contribution >= 0.6 is 0 Å². The van der Waals surface area contributed by atoms with Crippen LogP contribution in [0.4, 0.5) is 5.88 Å². The summed E-state index contributed by atoms with van der Waals surface area (Å²) in [4.78, 5) is 27.6. The van der Waals surface area contributed by atoms with Gasteiger partial charge in [0.25, 0.3) is 5.56 Å². The first-order valence-electron chi connectivity index (χ1n) is 5.05. The summed E-state index contributed by atoms with van der Waals surface area (Å²) in [6.45, 7) is 1.66. The van der Waals surface area contributed by atoms with Gasteiger partial charge in [0.15, 0.2) is 0 Å². The molecule has 2 aromatic rings. The molecule has 0 aliphatic carbocycles. The molecule has 0 aliphatic heterocycles. The molecule has 92 valence electrons. The highest BCUT2D eigenvalue weighted by atomic mass is 16.6. The first-order valence-corrected chi connectivity index (χ1v) is 5.05. The summed E-state index contributed by atoms with van der Waals surface area (Å²) >= 11 is 0. The van der Waals surface area contributed by atoms with Gasteiger partial charge in [-0.05, 0) is 25.1 Å². The van der Waals surface area contributed by atoms with Crippen molar-refractivity contribution in [1.82, 2.24) is 9.97 Å². The van der Waals surface area contributed by atoms with E-state index in [4.69, 9.17) is 4.42 Å². The molecular formula is C11H9N3O4. The normalized spacial score (nSPS) is 10.9. The summed E-state index contributed by atoms with van der Waals surface area (Å²) in [5, 5.41) is 10.4. The van der Waals surface area contributed by atoms with E-state index < -0.39 is 4.92 Å². The maximum absolute atomic E-state index is 11.2. The van der Waals surface area contributed by atoms with Gasteiger partial charge in [-0.3, -0.25) is 14.9 Å². The summed E-state index contributed by atoms with van der Waals surface area (Å²) < 4.78 is 4.93. The summed E-state index contributed by atoms with van der Waals surface area (Å²) in [5.74, 6) is 0.485. The molecule has 0 aliphatic rings. The second kappa shape index (κ2) is 4.66. The van der Waals surface area contributed by atoms with Gasteiger partial charge in [0.1, 0.15) is 16.5 Å². The number of hydrogen-bond acceptors (Lipinski definition) is 5. The molecule has 2 rings (SSSR count). The number of aromatic amines is 1. The minimum absolute atomic E-state index is 0.257. The van der Waals surface area contributed by atoms with Crippen LogP contribution in [-0.2, 0) is 0 Å². The third kappa shape index (κ3) is 2.70. The Kier molecular flexibility index (Phi) is 3.05. The number of rotatable bonds is 3. The average Bonchev–Trinajstić information content (AvgIpc) is 2.73. The molecule has 0 saturated carbocycles. The van der Waals surface area contributed by atoms with Crippen LogP contribution in [0.5, 0.6) is 0 Å². The summed E-state index contributed by atoms with van der Waals surface area (Å²) in [6.07, 6.45) is 3.05. The minimum atomic E-state index is -0.618. The van der Waals surface area contributed by atoms with Gasteiger partial charge in [0.05, 0.1) is 11.8 Å². The first kappa shape index (κ1) is 11.8. The van der Waals surface area contributed by atoms with Gasteiger partial charge in [-0.2, -0.15) is 0 Å². The molecule has 2 aromatic heterocycles. The van der Waals surface area contributed by atoms with E-state index in [1.165, 1.54) is 24.3 Å². The first-order chi connectivity index (χ1) is 8.54. The topological polar surface area (TPSA) is 102 Å². The quantitative estimate of drug-likeness (QED) is 0.657. The van der Waals surface area contributed by atoms with E-state index >= 15 is 0 Å². The maximum atomic E-state index is 11.2. The molecule has 0 radical (unpaired) electrons. The third-order valence-electron chi connectivity index (χ3n) is 2.09. The minimum Gasteiger partial charge on any atom is -0.401 e. The molecule has 0 spiro atoms. The highest BCUT2D eigenvalue weighted by Gasteiger charge is 2.09. The van der Waals surface area contributed by atoms with Gasteiger partial charge in [0, 0.05) is 6.07 Å². The van der Waals surface area contributed by atoms with Gasteiger partial charge in [-0.25, -0.2) is 4.98 Å². The second-order valence-corrected chi connectivity index (χ2v) is 3.52. The highest BCUT2D eigenvalue weighted by Crippen LogP contribution is 2.17. The molecule has 1 N–H and O–H groups in total. The van der Waals surface area contributed by atoms with Crippen molar-refractivity contribution in [2.45, 2.75) is 6.92 Å². The molecule has 0 fully saturated rings. The van der Waals surface area contributed by atoms with Crippen molar-refractivity contribution >= 4 is 18.0 Å². The predicted molar refractivity (Wildman–Crippen MR) is 63.9 cm³/mol. The lowest BCUT2D eigenvalue weighted by molar-refractivity contribution is -0.402. The van der Waals surface area contributed by atoms with Crippen molar-refractivity contribution in [1.29, 1.82) is 0 Å². The van der Waals surface area contributed by atoms with Gasteiger partial charge in [0.2, 0.25) is 0 Å². The van der Waals surface area contributed by atoms with Crippen LogP contribution < -0.4 is 5.56 Å². The maximum Gasteiger partial charge on any atom is 0.433 e. The van der Waals surface area contributed by atoms with Crippen molar-refractivity contribution in [2.24, 2.45) is 0 Å². The van der Waals surface area contributed by atoms with E-state index in [-0.39, 0.29) is 11.4 Å². The van der Waals surface area contributed by atoms with Gasteiger partial charge in [-0.1, -0.05) is 0 Å². The molecule has 7 heteroatoms. The second-order valence-electron chi connectivity index (χ2n) is 3.52. The standard InChI is InChI=1S/C11H9N3O4/c1-7-12-8(6-10(15)13-7)2-3-9-4-5-11(18-9)14(16)17/h2-6H,1H3,(H,12,13,15). The van der Waals surface area contributed by atoms with Crippen molar-refractivity contribution in [3.8, 4) is 0 Å². The fourth-order valence-corrected chi connectivity index (χ4v) is 1.39. The number of aryl methyl sites for hydroxylation is 1. The molecule has 2 heterocycles. The fourth-order valence-electron chi connectivity index (χ4n) is 1.39. The smallest absolute Gasteiger partial charge is 0.401 e. The van der Waals surface area contributed by atoms with Gasteiger partial charge in [-0.15, -0.1) is 0 Å². The zero-order valence-electron chi connectivity index (χ0n) is 9.41. The summed E-state index contributed by atoms with van der Waals surface area (Å²) in [6, 6.07) is 4.05. The zero-order valence-corrected chi connectivity index (χ0v) is 9.41. The molecule has 0 bridgehead atoms. The number of hydrogen-bond donors (Lipinski definition) is 1. The Labute approximate surface area is 101 Å². The average molecular weight is 247 g/mol. The largest absolute Gasteiger partial charge is 0.433 e. The molecule has 18 heavy (non-hydrogen) atoms. The number of aromatic nitrogens is 2. The number of H-pyrrole nitrogens is 1. The Hall–Kier alpha value is -2.70. The number of nitrogens with one attached hydrogen (secondary N) is 1. The Balaban J connectivity index is 2.24. The summed E-state index contributed by atoms with van der Waals surface area (Å²) in [7, 11) is 0. The lowest BCUT2D eigenvalue weighted by atomic mass is 10.3. The van der Waals surface area contributed by atoms with Gasteiger partial charge >= 0.3 is 5.88 Å². The molecule has 0 atom stereocenters. The van der Waals surface area contributed by atoms with Crippen molar-refractivity contribution in [2.75, 3.05) is 0 Å². The summed E-state index contributed by atoms with van der Waals surface area (Å²) in [5.41, 5.74) is 0.197. The molecule has 0 amide bonds. The van der Waals surface area contributed by atoms with Crippen LogP contribution in [-0.4, -0.2) is 14.9 Å². The van der Waals surface area contributed by atoms with Crippen molar-refractivity contribution in [3.05, 3.63) is 55.9 Å². The van der Waals surface area contributed by atoms with Crippen LogP contribution in [0.3, 0.4) is 0 Å². The van der Waals surface area contributed by atoms with E-state index in [1.807, 2.05) is 0 Å². The van der Waals surface area contributed by atoms with Crippen molar-refractivity contribution < 1.29 is 9.34 Å². The Morgan fingerprint density at radius 1 is 1.44 bits per heavy atom. The molecule has 7 nitrogen and oxygen atoms in total. The monoisotopic (exact) mass is 247 g/mol. The Bertz CT molecular complexity index is 669. The van der Waals surface area contributed by atoms with E-state index in [1.54, 1.807) is 13.0 Å². The van der Waals surface area contributed by atoms with Crippen LogP contribution in [0, 0.1) is 17.0 Å². The Morgan fingerprint density at radius 3 is 2.83 bits per heavy atom. The SMILES string of the molecule is Cc1nc(C=Cc2ccc([N+](=O)[O-])o2)cc(=O)[nH]1. The predicted octanol–water partition coefficient (Wildman–Crippen LogP) is 1.75. The number of nitro groups is 1. The third-order valence-corrected chi connectivity index (χ3v) is 2.09. The van der Waals surface area contributed by atoms with Crippen LogP contribution in [0.15, 0.2) is 27.4 Å². The van der Waals surface area contributed by atoms with E-state index in [9.17, 15) is 14.9 Å². The van der Waals surface area contributed by atoms with Crippen LogP contribution in [0.1, 0.15) is 17.3 Å². The van der Waals surface area contributed by atoms with Crippen molar-refractivity contribution in [3.63, 3.8) is 0 Å². The van der Waals surface area contributed by atoms with Crippen LogP contribution in [0.25, 0.3) is 12.2 Å².